The maximum atomic E-state index is 11.9. The smallest absolute Gasteiger partial charge is 0.315 e. The Bertz CT molecular complexity index is 783. The number of urea groups is 1. The van der Waals surface area contributed by atoms with Gasteiger partial charge in [0.15, 0.2) is 0 Å². The van der Waals surface area contributed by atoms with Crippen LogP contribution in [0.1, 0.15) is 16.1 Å². The summed E-state index contributed by atoms with van der Waals surface area (Å²) < 4.78 is 1.11. The molecule has 0 aliphatic rings. The summed E-state index contributed by atoms with van der Waals surface area (Å²) in [5, 5.41) is 15.7. The molecular formula is C17H17N3O2S. The molecule has 5 nitrogen and oxygen atoms in total. The third-order valence-electron chi connectivity index (χ3n) is 3.47. The zero-order valence-electron chi connectivity index (χ0n) is 12.5. The number of para-hydroxylation sites is 1. The van der Waals surface area contributed by atoms with Crippen LogP contribution in [0.15, 0.2) is 48.5 Å². The number of hydrogen-bond donors (Lipinski definition) is 3. The molecule has 0 fully saturated rings. The largest absolute Gasteiger partial charge is 0.392 e. The Morgan fingerprint density at radius 1 is 1.00 bits per heavy atom. The number of amides is 2. The van der Waals surface area contributed by atoms with Crippen molar-refractivity contribution in [1.82, 2.24) is 15.6 Å². The lowest BCUT2D eigenvalue weighted by molar-refractivity contribution is 0.239. The highest BCUT2D eigenvalue weighted by Gasteiger charge is 2.06. The number of nitrogens with one attached hydrogen (secondary N) is 2. The van der Waals surface area contributed by atoms with E-state index in [0.717, 1.165) is 26.4 Å². The number of fused-ring (bicyclic) bond motifs is 1. The molecule has 3 rings (SSSR count). The van der Waals surface area contributed by atoms with Gasteiger partial charge in [0, 0.05) is 6.54 Å². The highest BCUT2D eigenvalue weighted by molar-refractivity contribution is 7.18. The first-order valence-corrected chi connectivity index (χ1v) is 8.11. The predicted molar refractivity (Wildman–Crippen MR) is 91.1 cm³/mol. The van der Waals surface area contributed by atoms with Gasteiger partial charge in [-0.3, -0.25) is 0 Å². The monoisotopic (exact) mass is 327 g/mol. The van der Waals surface area contributed by atoms with Gasteiger partial charge in [-0.2, -0.15) is 0 Å². The van der Waals surface area contributed by atoms with E-state index in [1.807, 2.05) is 48.5 Å². The number of thiazole rings is 1. The quantitative estimate of drug-likeness (QED) is 0.674. The molecule has 1 heterocycles. The first kappa shape index (κ1) is 15.5. The van der Waals surface area contributed by atoms with Gasteiger partial charge >= 0.3 is 6.03 Å². The number of benzene rings is 2. The van der Waals surface area contributed by atoms with Crippen molar-refractivity contribution in [3.8, 4) is 0 Å². The summed E-state index contributed by atoms with van der Waals surface area (Å²) >= 11 is 1.57. The molecule has 23 heavy (non-hydrogen) atoms. The number of aliphatic hydroxyl groups excluding tert-OH is 1. The Labute approximate surface area is 138 Å². The van der Waals surface area contributed by atoms with Crippen molar-refractivity contribution in [3.05, 3.63) is 64.7 Å². The van der Waals surface area contributed by atoms with Crippen LogP contribution in [0.25, 0.3) is 10.2 Å². The van der Waals surface area contributed by atoms with Gasteiger partial charge in [0.25, 0.3) is 0 Å². The number of carbonyl (C=O) groups excluding carboxylic acids is 1. The standard InChI is InChI=1S/C17H17N3O2S/c21-11-13-6-2-1-5-12(13)9-18-17(22)19-10-16-20-14-7-3-4-8-15(14)23-16/h1-8,21H,9-11H2,(H2,18,19,22). The van der Waals surface area contributed by atoms with Gasteiger partial charge in [0.2, 0.25) is 0 Å². The van der Waals surface area contributed by atoms with Gasteiger partial charge in [-0.25, -0.2) is 9.78 Å². The van der Waals surface area contributed by atoms with Crippen LogP contribution in [-0.4, -0.2) is 16.1 Å². The second kappa shape index (κ2) is 7.21. The number of nitrogens with zero attached hydrogens (tertiary/aromatic N) is 1. The molecule has 118 valence electrons. The van der Waals surface area contributed by atoms with Gasteiger partial charge in [-0.05, 0) is 23.3 Å². The lowest BCUT2D eigenvalue weighted by atomic mass is 10.1. The maximum Gasteiger partial charge on any atom is 0.315 e. The topological polar surface area (TPSA) is 74.2 Å². The van der Waals surface area contributed by atoms with Crippen molar-refractivity contribution in [2.75, 3.05) is 0 Å². The van der Waals surface area contributed by atoms with Crippen LogP contribution in [0.4, 0.5) is 4.79 Å². The Balaban J connectivity index is 1.53. The van der Waals surface area contributed by atoms with Gasteiger partial charge in [0.1, 0.15) is 5.01 Å². The van der Waals surface area contributed by atoms with E-state index in [-0.39, 0.29) is 12.6 Å². The number of aromatic nitrogens is 1. The zero-order valence-corrected chi connectivity index (χ0v) is 13.3. The molecule has 6 heteroatoms. The van der Waals surface area contributed by atoms with Crippen LogP contribution in [0.3, 0.4) is 0 Å². The lowest BCUT2D eigenvalue weighted by Crippen LogP contribution is -2.34. The molecule has 0 aliphatic heterocycles. The van der Waals surface area contributed by atoms with Crippen LogP contribution in [0.5, 0.6) is 0 Å². The minimum absolute atomic E-state index is 0.0365. The number of hydrogen-bond acceptors (Lipinski definition) is 4. The highest BCUT2D eigenvalue weighted by Crippen LogP contribution is 2.21. The number of carbonyl (C=O) groups is 1. The molecule has 0 bridgehead atoms. The Morgan fingerprint density at radius 2 is 1.70 bits per heavy atom. The first-order chi connectivity index (χ1) is 11.3. The van der Waals surface area contributed by atoms with Gasteiger partial charge < -0.3 is 15.7 Å². The van der Waals surface area contributed by atoms with E-state index in [1.54, 1.807) is 11.3 Å². The molecule has 0 spiro atoms. The van der Waals surface area contributed by atoms with Crippen molar-refractivity contribution in [2.45, 2.75) is 19.7 Å². The van der Waals surface area contributed by atoms with Crippen LogP contribution in [0, 0.1) is 0 Å². The second-order valence-electron chi connectivity index (χ2n) is 5.04. The van der Waals surface area contributed by atoms with E-state index in [4.69, 9.17) is 0 Å². The molecule has 3 N–H and O–H groups in total. The van der Waals surface area contributed by atoms with Crippen LogP contribution in [-0.2, 0) is 19.7 Å². The van der Waals surface area contributed by atoms with Crippen LogP contribution >= 0.6 is 11.3 Å². The summed E-state index contributed by atoms with van der Waals surface area (Å²) in [6.45, 7) is 0.737. The number of rotatable bonds is 5. The maximum absolute atomic E-state index is 11.9. The Kier molecular flexibility index (Phi) is 4.85. The molecule has 3 aromatic rings. The molecule has 0 saturated carbocycles. The van der Waals surface area contributed by atoms with Crippen molar-refractivity contribution in [3.63, 3.8) is 0 Å². The molecule has 2 aromatic carbocycles. The van der Waals surface area contributed by atoms with E-state index in [1.165, 1.54) is 0 Å². The SMILES string of the molecule is O=C(NCc1nc2ccccc2s1)NCc1ccccc1CO. The zero-order chi connectivity index (χ0) is 16.1. The van der Waals surface area contributed by atoms with Gasteiger partial charge in [0.05, 0.1) is 23.4 Å². The third-order valence-corrected chi connectivity index (χ3v) is 4.50. The average Bonchev–Trinajstić information content (AvgIpc) is 3.01. The number of aliphatic hydroxyl groups is 1. The summed E-state index contributed by atoms with van der Waals surface area (Å²) in [6, 6.07) is 15.1. The normalized spacial score (nSPS) is 10.7. The van der Waals surface area contributed by atoms with Crippen molar-refractivity contribution < 1.29 is 9.90 Å². The Hall–Kier alpha value is -2.44. The molecule has 0 radical (unpaired) electrons. The molecule has 2 amide bonds. The van der Waals surface area contributed by atoms with E-state index in [0.29, 0.717) is 13.1 Å². The summed E-state index contributed by atoms with van der Waals surface area (Å²) in [5.41, 5.74) is 2.68. The van der Waals surface area contributed by atoms with Gasteiger partial charge in [-0.1, -0.05) is 36.4 Å². The molecule has 0 aliphatic carbocycles. The fraction of sp³-hybridized carbons (Fsp3) is 0.176. The van der Waals surface area contributed by atoms with E-state index in [2.05, 4.69) is 15.6 Å². The molecule has 0 saturated heterocycles. The Morgan fingerprint density at radius 3 is 2.48 bits per heavy atom. The average molecular weight is 327 g/mol. The van der Waals surface area contributed by atoms with E-state index in [9.17, 15) is 9.90 Å². The second-order valence-corrected chi connectivity index (χ2v) is 6.15. The first-order valence-electron chi connectivity index (χ1n) is 7.30. The summed E-state index contributed by atoms with van der Waals surface area (Å²) in [6.07, 6.45) is 0. The van der Waals surface area contributed by atoms with Crippen LogP contribution in [0.2, 0.25) is 0 Å². The van der Waals surface area contributed by atoms with Crippen molar-refractivity contribution in [1.29, 1.82) is 0 Å². The molecule has 0 unspecified atom stereocenters. The summed E-state index contributed by atoms with van der Waals surface area (Å²) in [5.74, 6) is 0. The summed E-state index contributed by atoms with van der Waals surface area (Å²) in [4.78, 5) is 16.4. The highest BCUT2D eigenvalue weighted by atomic mass is 32.1. The van der Waals surface area contributed by atoms with E-state index < -0.39 is 0 Å². The molecular weight excluding hydrogens is 310 g/mol. The minimum atomic E-state index is -0.253. The third kappa shape index (κ3) is 3.85. The minimum Gasteiger partial charge on any atom is -0.392 e. The van der Waals surface area contributed by atoms with Crippen molar-refractivity contribution >= 4 is 27.6 Å². The van der Waals surface area contributed by atoms with Gasteiger partial charge in [-0.15, -0.1) is 11.3 Å². The fourth-order valence-electron chi connectivity index (χ4n) is 2.27. The fourth-order valence-corrected chi connectivity index (χ4v) is 3.18. The summed E-state index contributed by atoms with van der Waals surface area (Å²) in [7, 11) is 0. The van der Waals surface area contributed by atoms with E-state index >= 15 is 0 Å². The predicted octanol–water partition coefficient (Wildman–Crippen LogP) is 2.79. The van der Waals surface area contributed by atoms with Crippen molar-refractivity contribution in [2.24, 2.45) is 0 Å². The lowest BCUT2D eigenvalue weighted by Gasteiger charge is -2.09. The van der Waals surface area contributed by atoms with Crippen LogP contribution < -0.4 is 10.6 Å². The molecule has 0 atom stereocenters. The molecule has 1 aromatic heterocycles.